The topological polar surface area (TPSA) is 94.8 Å². The highest BCUT2D eigenvalue weighted by Crippen LogP contribution is 2.25. The van der Waals surface area contributed by atoms with Gasteiger partial charge in [-0.2, -0.15) is 0 Å². The summed E-state index contributed by atoms with van der Waals surface area (Å²) in [6.07, 6.45) is 0. The lowest BCUT2D eigenvalue weighted by Crippen LogP contribution is -1.94. The van der Waals surface area contributed by atoms with Crippen molar-refractivity contribution < 1.29 is 20.1 Å². The van der Waals surface area contributed by atoms with Gasteiger partial charge in [-0.1, -0.05) is 0 Å². The summed E-state index contributed by atoms with van der Waals surface area (Å²) in [4.78, 5) is 21.2. The Kier molecular flexibility index (Phi) is 2.19. The predicted octanol–water partition coefficient (Wildman–Crippen LogP) is 0.156. The fourth-order valence-electron chi connectivity index (χ4n) is 0.806. The van der Waals surface area contributed by atoms with Crippen molar-refractivity contribution in [2.45, 2.75) is 0 Å². The van der Waals surface area contributed by atoms with E-state index >= 15 is 0 Å². The largest absolute Gasteiger partial charge is 0.504 e. The van der Waals surface area contributed by atoms with Crippen LogP contribution in [-0.2, 0) is 0 Å². The van der Waals surface area contributed by atoms with Crippen LogP contribution in [-0.4, -0.2) is 21.3 Å². The number of hydrogen-bond acceptors (Lipinski definition) is 4. The molecule has 0 bridgehead atoms. The number of carbonyl (C=O) groups is 1. The minimum Gasteiger partial charge on any atom is -0.504 e. The smallest absolute Gasteiger partial charge is 0.339 e. The molecule has 0 amide bonds. The third kappa shape index (κ3) is 1.76. The van der Waals surface area contributed by atoms with Crippen LogP contribution in [0.15, 0.2) is 23.0 Å². The fraction of sp³-hybridized carbons (Fsp3) is 0. The number of aromatic hydroxyl groups is 2. The van der Waals surface area contributed by atoms with Gasteiger partial charge < -0.3 is 15.3 Å². The van der Waals surface area contributed by atoms with Crippen LogP contribution in [0.25, 0.3) is 0 Å². The highest BCUT2D eigenvalue weighted by Gasteiger charge is 2.11. The lowest BCUT2D eigenvalue weighted by Gasteiger charge is -1.94. The van der Waals surface area contributed by atoms with Crippen LogP contribution in [0.2, 0.25) is 0 Å². The van der Waals surface area contributed by atoms with Gasteiger partial charge in [0.2, 0.25) is 0 Å². The number of carboxylic acids is 1. The molecule has 1 aromatic rings. The van der Waals surface area contributed by atoms with Crippen LogP contribution in [0.4, 0.5) is 0 Å². The lowest BCUT2D eigenvalue weighted by atomic mass is 10.2. The van der Waals surface area contributed by atoms with Crippen molar-refractivity contribution in [2.24, 2.45) is 0 Å². The first-order chi connectivity index (χ1) is 6.02. The molecule has 0 heterocycles. The van der Waals surface area contributed by atoms with Gasteiger partial charge in [-0.05, 0) is 12.1 Å². The normalized spacial score (nSPS) is 9.54. The molecule has 0 aliphatic carbocycles. The Labute approximate surface area is 72.5 Å². The average Bonchev–Trinajstić information content (AvgIpc) is 2.13. The Morgan fingerprint density at radius 1 is 1.23 bits per heavy atom. The van der Waals surface area contributed by atoms with E-state index in [0.717, 1.165) is 18.2 Å². The maximum Gasteiger partial charge on any atom is 0.339 e. The molecule has 3 N–H and O–H groups in total. The van der Waals surface area contributed by atoms with Crippen LogP contribution < -0.4 is 5.43 Å². The van der Waals surface area contributed by atoms with Crippen molar-refractivity contribution in [3.63, 3.8) is 0 Å². The molecule has 0 aliphatic heterocycles. The first-order valence-corrected chi connectivity index (χ1v) is 3.32. The summed E-state index contributed by atoms with van der Waals surface area (Å²) in [5.74, 6) is -2.97. The van der Waals surface area contributed by atoms with Gasteiger partial charge in [0.25, 0.3) is 0 Å². The van der Waals surface area contributed by atoms with Crippen molar-refractivity contribution in [3.8, 4) is 11.5 Å². The van der Waals surface area contributed by atoms with E-state index in [-0.39, 0.29) is 0 Å². The van der Waals surface area contributed by atoms with Crippen molar-refractivity contribution in [3.05, 3.63) is 34.0 Å². The molecule has 0 unspecified atom stereocenters. The Balaban J connectivity index is 3.58. The molecule has 13 heavy (non-hydrogen) atoms. The van der Waals surface area contributed by atoms with Crippen LogP contribution in [0, 0.1) is 0 Å². The summed E-state index contributed by atoms with van der Waals surface area (Å²) in [5.41, 5.74) is -1.10. The third-order valence-corrected chi connectivity index (χ3v) is 1.42. The first kappa shape index (κ1) is 9.05. The van der Waals surface area contributed by atoms with Crippen LogP contribution in [0.5, 0.6) is 11.5 Å². The zero-order chi connectivity index (χ0) is 10.0. The van der Waals surface area contributed by atoms with E-state index in [2.05, 4.69) is 0 Å². The van der Waals surface area contributed by atoms with Gasteiger partial charge in [0, 0.05) is 6.07 Å². The van der Waals surface area contributed by atoms with Gasteiger partial charge in [-0.15, -0.1) is 0 Å². The minimum absolute atomic E-state index is 0.514. The highest BCUT2D eigenvalue weighted by atomic mass is 16.4. The van der Waals surface area contributed by atoms with E-state index in [1.54, 1.807) is 0 Å². The summed E-state index contributed by atoms with van der Waals surface area (Å²) in [5, 5.41) is 26.6. The molecule has 0 spiro atoms. The predicted molar refractivity (Wildman–Crippen MR) is 43.0 cm³/mol. The van der Waals surface area contributed by atoms with Crippen molar-refractivity contribution in [1.82, 2.24) is 0 Å². The molecule has 0 saturated heterocycles. The van der Waals surface area contributed by atoms with Crippen molar-refractivity contribution in [2.75, 3.05) is 0 Å². The molecule has 0 aliphatic rings. The van der Waals surface area contributed by atoms with E-state index in [9.17, 15) is 9.59 Å². The second-order valence-electron chi connectivity index (χ2n) is 2.33. The summed E-state index contributed by atoms with van der Waals surface area (Å²) >= 11 is 0. The Bertz CT molecular complexity index is 410. The maximum absolute atomic E-state index is 10.8. The zero-order valence-corrected chi connectivity index (χ0v) is 6.39. The summed E-state index contributed by atoms with van der Waals surface area (Å²) in [6, 6.07) is 2.62. The van der Waals surface area contributed by atoms with E-state index in [1.807, 2.05) is 0 Å². The maximum atomic E-state index is 10.8. The van der Waals surface area contributed by atoms with Gasteiger partial charge in [0.15, 0.2) is 16.9 Å². The number of hydrogen-bond donors (Lipinski definition) is 3. The molecule has 1 aromatic carbocycles. The summed E-state index contributed by atoms with van der Waals surface area (Å²) in [7, 11) is 0. The standard InChI is InChI=1S/C8H6O5/c9-4-1-2-5(8(12)13)7(11)6(10)3-4/h1-3,10-11H,(H,12,13). The molecule has 0 aromatic heterocycles. The first-order valence-electron chi connectivity index (χ1n) is 3.32. The van der Waals surface area contributed by atoms with Crippen molar-refractivity contribution in [1.29, 1.82) is 0 Å². The van der Waals surface area contributed by atoms with Gasteiger partial charge in [-0.25, -0.2) is 4.79 Å². The van der Waals surface area contributed by atoms with Gasteiger partial charge in [-0.3, -0.25) is 4.79 Å². The molecule has 0 fully saturated rings. The second kappa shape index (κ2) is 3.14. The van der Waals surface area contributed by atoms with Crippen LogP contribution >= 0.6 is 0 Å². The molecule has 68 valence electrons. The number of aromatic carboxylic acids is 1. The summed E-state index contributed by atoms with van der Waals surface area (Å²) < 4.78 is 0. The Hall–Kier alpha value is -2.04. The molecule has 5 nitrogen and oxygen atoms in total. The molecule has 0 saturated carbocycles. The summed E-state index contributed by atoms with van der Waals surface area (Å²) in [6.45, 7) is 0. The van der Waals surface area contributed by atoms with Gasteiger partial charge in [0.1, 0.15) is 5.56 Å². The Morgan fingerprint density at radius 3 is 2.38 bits per heavy atom. The molecule has 0 radical (unpaired) electrons. The number of carboxylic acid groups (broad SMARTS) is 1. The SMILES string of the molecule is O=C(O)c1ccc(=O)cc(O)c1O. The Morgan fingerprint density at radius 2 is 1.85 bits per heavy atom. The van der Waals surface area contributed by atoms with Crippen LogP contribution in [0.3, 0.4) is 0 Å². The molecule has 0 atom stereocenters. The zero-order valence-electron chi connectivity index (χ0n) is 6.39. The molecule has 1 rings (SSSR count). The monoisotopic (exact) mass is 182 g/mol. The van der Waals surface area contributed by atoms with E-state index in [1.165, 1.54) is 0 Å². The van der Waals surface area contributed by atoms with Crippen LogP contribution in [0.1, 0.15) is 10.4 Å². The van der Waals surface area contributed by atoms with E-state index < -0.39 is 28.5 Å². The molecular weight excluding hydrogens is 176 g/mol. The van der Waals surface area contributed by atoms with Gasteiger partial charge >= 0.3 is 5.97 Å². The molecule has 5 heteroatoms. The van der Waals surface area contributed by atoms with E-state index in [0.29, 0.717) is 0 Å². The second-order valence-corrected chi connectivity index (χ2v) is 2.33. The average molecular weight is 182 g/mol. The van der Waals surface area contributed by atoms with Crippen molar-refractivity contribution >= 4 is 5.97 Å². The minimum atomic E-state index is -1.41. The quantitative estimate of drug-likeness (QED) is 0.574. The fourth-order valence-corrected chi connectivity index (χ4v) is 0.806. The molecular formula is C8H6O5. The van der Waals surface area contributed by atoms with E-state index in [4.69, 9.17) is 15.3 Å². The lowest BCUT2D eigenvalue weighted by molar-refractivity contribution is 0.0693. The third-order valence-electron chi connectivity index (χ3n) is 1.42. The number of rotatable bonds is 1. The highest BCUT2D eigenvalue weighted by molar-refractivity contribution is 5.91. The van der Waals surface area contributed by atoms with Gasteiger partial charge in [0.05, 0.1) is 0 Å².